The Hall–Kier alpha value is -2.45. The van der Waals surface area contributed by atoms with Crippen LogP contribution in [0.15, 0.2) is 30.3 Å². The van der Waals surface area contributed by atoms with Gasteiger partial charge in [-0.2, -0.15) is 0 Å². The van der Waals surface area contributed by atoms with Crippen molar-refractivity contribution in [2.24, 2.45) is 0 Å². The van der Waals surface area contributed by atoms with Crippen molar-refractivity contribution in [3.63, 3.8) is 0 Å². The fourth-order valence-corrected chi connectivity index (χ4v) is 2.15. The minimum Gasteiger partial charge on any atom is -0.383 e. The third-order valence-corrected chi connectivity index (χ3v) is 3.29. The zero-order chi connectivity index (χ0) is 17.9. The highest BCUT2D eigenvalue weighted by atomic mass is 16.5. The van der Waals surface area contributed by atoms with Crippen LogP contribution in [0, 0.1) is 0 Å². The summed E-state index contributed by atoms with van der Waals surface area (Å²) in [5, 5.41) is 7.28. The molecule has 0 heterocycles. The molecule has 1 rings (SSSR count). The number of hydrogen-bond donors (Lipinski definition) is 3. The maximum atomic E-state index is 12.4. The minimum absolute atomic E-state index is 0.00440. The number of carbonyl (C=O) groups is 3. The first-order valence-electron chi connectivity index (χ1n) is 7.53. The lowest BCUT2D eigenvalue weighted by atomic mass is 10.0. The lowest BCUT2D eigenvalue weighted by molar-refractivity contribution is -0.127. The van der Waals surface area contributed by atoms with E-state index < -0.39 is 18.0 Å². The van der Waals surface area contributed by atoms with Gasteiger partial charge in [-0.3, -0.25) is 19.8 Å². The Labute approximate surface area is 141 Å². The van der Waals surface area contributed by atoms with Crippen LogP contribution >= 0.6 is 0 Å². The van der Waals surface area contributed by atoms with E-state index >= 15 is 0 Å². The lowest BCUT2D eigenvalue weighted by Crippen LogP contribution is -2.47. The number of hydrogen-bond acceptors (Lipinski definition) is 5. The molecule has 4 amide bonds. The second-order valence-electron chi connectivity index (χ2n) is 5.14. The van der Waals surface area contributed by atoms with Crippen molar-refractivity contribution < 1.29 is 19.1 Å². The van der Waals surface area contributed by atoms with Crippen LogP contribution in [0.4, 0.5) is 4.79 Å². The highest BCUT2D eigenvalue weighted by Crippen LogP contribution is 2.19. The van der Waals surface area contributed by atoms with Crippen molar-refractivity contribution in [2.75, 3.05) is 40.9 Å². The molecule has 0 aliphatic heterocycles. The summed E-state index contributed by atoms with van der Waals surface area (Å²) in [6.07, 6.45) is 0. The summed E-state index contributed by atoms with van der Waals surface area (Å²) in [4.78, 5) is 37.4. The van der Waals surface area contributed by atoms with E-state index in [2.05, 4.69) is 16.0 Å². The maximum Gasteiger partial charge on any atom is 0.321 e. The van der Waals surface area contributed by atoms with E-state index in [4.69, 9.17) is 4.74 Å². The van der Waals surface area contributed by atoms with Gasteiger partial charge in [0.1, 0.15) is 6.04 Å². The van der Waals surface area contributed by atoms with Crippen molar-refractivity contribution in [3.05, 3.63) is 35.9 Å². The van der Waals surface area contributed by atoms with Crippen molar-refractivity contribution >= 4 is 17.8 Å². The smallest absolute Gasteiger partial charge is 0.321 e. The molecule has 0 aliphatic carbocycles. The van der Waals surface area contributed by atoms with Gasteiger partial charge in [0.05, 0.1) is 13.2 Å². The molecule has 24 heavy (non-hydrogen) atoms. The predicted molar refractivity (Wildman–Crippen MR) is 89.3 cm³/mol. The highest BCUT2D eigenvalue weighted by molar-refractivity contribution is 5.97. The van der Waals surface area contributed by atoms with E-state index in [0.29, 0.717) is 18.7 Å². The SMILES string of the molecule is CNC(=O)NC(=O)C(c1ccccc1)N(C)CC(=O)NCCOC. The van der Waals surface area contributed by atoms with Crippen LogP contribution < -0.4 is 16.0 Å². The molecule has 0 fully saturated rings. The Morgan fingerprint density at radius 3 is 2.46 bits per heavy atom. The molecule has 0 aromatic heterocycles. The van der Waals surface area contributed by atoms with E-state index in [1.807, 2.05) is 6.07 Å². The number of imide groups is 1. The Bertz CT molecular complexity index is 550. The van der Waals surface area contributed by atoms with Crippen LogP contribution in [-0.2, 0) is 14.3 Å². The third-order valence-electron chi connectivity index (χ3n) is 3.29. The molecule has 132 valence electrons. The monoisotopic (exact) mass is 336 g/mol. The number of carbonyl (C=O) groups excluding carboxylic acids is 3. The number of urea groups is 1. The molecule has 0 saturated carbocycles. The molecular formula is C16H24N4O4. The van der Waals surface area contributed by atoms with Gasteiger partial charge in [-0.1, -0.05) is 30.3 Å². The Morgan fingerprint density at radius 1 is 1.21 bits per heavy atom. The summed E-state index contributed by atoms with van der Waals surface area (Å²) >= 11 is 0. The number of nitrogens with one attached hydrogen (secondary N) is 3. The molecule has 0 spiro atoms. The number of amides is 4. The topological polar surface area (TPSA) is 99.8 Å². The number of nitrogens with zero attached hydrogens (tertiary/aromatic N) is 1. The maximum absolute atomic E-state index is 12.4. The molecule has 3 N–H and O–H groups in total. The quantitative estimate of drug-likeness (QED) is 0.575. The van der Waals surface area contributed by atoms with Gasteiger partial charge in [0.15, 0.2) is 0 Å². The molecule has 0 aliphatic rings. The van der Waals surface area contributed by atoms with E-state index in [0.717, 1.165) is 0 Å². The Balaban J connectivity index is 2.82. The van der Waals surface area contributed by atoms with Crippen LogP contribution in [-0.4, -0.2) is 63.6 Å². The fraction of sp³-hybridized carbons (Fsp3) is 0.438. The van der Waals surface area contributed by atoms with E-state index in [1.165, 1.54) is 7.05 Å². The molecule has 8 nitrogen and oxygen atoms in total. The van der Waals surface area contributed by atoms with Gasteiger partial charge in [0, 0.05) is 20.7 Å². The standard InChI is InChI=1S/C16H24N4O4/c1-17-16(23)19-15(22)14(12-7-5-4-6-8-12)20(2)11-13(21)18-9-10-24-3/h4-8,14H,9-11H2,1-3H3,(H,18,21)(H2,17,19,22,23). The first-order valence-corrected chi connectivity index (χ1v) is 7.53. The lowest BCUT2D eigenvalue weighted by Gasteiger charge is -2.26. The molecule has 1 atom stereocenters. The van der Waals surface area contributed by atoms with Gasteiger partial charge in [-0.05, 0) is 12.6 Å². The highest BCUT2D eigenvalue weighted by Gasteiger charge is 2.27. The summed E-state index contributed by atoms with van der Waals surface area (Å²) in [6, 6.07) is 7.59. The van der Waals surface area contributed by atoms with Gasteiger partial charge in [0.2, 0.25) is 11.8 Å². The van der Waals surface area contributed by atoms with E-state index in [-0.39, 0.29) is 12.5 Å². The van der Waals surface area contributed by atoms with Gasteiger partial charge < -0.3 is 15.4 Å². The molecule has 8 heteroatoms. The average Bonchev–Trinajstić information content (AvgIpc) is 2.56. The van der Waals surface area contributed by atoms with Crippen LogP contribution in [0.1, 0.15) is 11.6 Å². The van der Waals surface area contributed by atoms with Crippen molar-refractivity contribution in [3.8, 4) is 0 Å². The van der Waals surface area contributed by atoms with Crippen LogP contribution in [0.2, 0.25) is 0 Å². The van der Waals surface area contributed by atoms with Gasteiger partial charge >= 0.3 is 6.03 Å². The molecule has 0 saturated heterocycles. The molecule has 0 radical (unpaired) electrons. The second kappa shape index (κ2) is 10.3. The number of likely N-dealkylation sites (N-methyl/N-ethyl adjacent to an activating group) is 1. The second-order valence-corrected chi connectivity index (χ2v) is 5.14. The van der Waals surface area contributed by atoms with E-state index in [1.54, 1.807) is 43.3 Å². The number of rotatable bonds is 8. The zero-order valence-corrected chi connectivity index (χ0v) is 14.2. The summed E-state index contributed by atoms with van der Waals surface area (Å²) in [5.41, 5.74) is 0.686. The van der Waals surface area contributed by atoms with Crippen molar-refractivity contribution in [1.29, 1.82) is 0 Å². The van der Waals surface area contributed by atoms with Crippen LogP contribution in [0.5, 0.6) is 0 Å². The van der Waals surface area contributed by atoms with Crippen molar-refractivity contribution in [1.82, 2.24) is 20.9 Å². The summed E-state index contributed by atoms with van der Waals surface area (Å²) in [7, 11) is 4.62. The predicted octanol–water partition coefficient (Wildman–Crippen LogP) is -0.122. The Kier molecular flexibility index (Phi) is 8.45. The van der Waals surface area contributed by atoms with Gasteiger partial charge in [-0.15, -0.1) is 0 Å². The first-order chi connectivity index (χ1) is 11.5. The van der Waals surface area contributed by atoms with Crippen LogP contribution in [0.25, 0.3) is 0 Å². The average molecular weight is 336 g/mol. The van der Waals surface area contributed by atoms with Gasteiger partial charge in [0.25, 0.3) is 0 Å². The summed E-state index contributed by atoms with van der Waals surface area (Å²) in [6.45, 7) is 0.808. The third kappa shape index (κ3) is 6.35. The molecule has 1 unspecified atom stereocenters. The molecule has 0 bridgehead atoms. The first kappa shape index (κ1) is 19.6. The van der Waals surface area contributed by atoms with E-state index in [9.17, 15) is 14.4 Å². The number of benzene rings is 1. The molecule has 1 aromatic carbocycles. The zero-order valence-electron chi connectivity index (χ0n) is 14.2. The van der Waals surface area contributed by atoms with Crippen molar-refractivity contribution in [2.45, 2.75) is 6.04 Å². The van der Waals surface area contributed by atoms with Gasteiger partial charge in [-0.25, -0.2) is 4.79 Å². The summed E-state index contributed by atoms with van der Waals surface area (Å²) < 4.78 is 4.87. The molecular weight excluding hydrogens is 312 g/mol. The summed E-state index contributed by atoms with van der Waals surface area (Å²) in [5.74, 6) is -0.740. The fourth-order valence-electron chi connectivity index (χ4n) is 2.15. The number of methoxy groups -OCH3 is 1. The Morgan fingerprint density at radius 2 is 1.88 bits per heavy atom. The van der Waals surface area contributed by atoms with Crippen LogP contribution in [0.3, 0.4) is 0 Å². The normalized spacial score (nSPS) is 11.7. The molecule has 1 aromatic rings. The largest absolute Gasteiger partial charge is 0.383 e. The minimum atomic E-state index is -0.767. The number of ether oxygens (including phenoxy) is 1.